The Labute approximate surface area is 184 Å². The Bertz CT molecular complexity index is 782. The van der Waals surface area contributed by atoms with Gasteiger partial charge in [0, 0.05) is 19.6 Å². The number of halogens is 1. The van der Waals surface area contributed by atoms with Crippen LogP contribution in [0, 0.1) is 6.92 Å². The molecule has 0 spiro atoms. The van der Waals surface area contributed by atoms with Gasteiger partial charge in [0.1, 0.15) is 11.9 Å². The van der Waals surface area contributed by atoms with Crippen molar-refractivity contribution < 1.29 is 9.84 Å². The molecule has 1 atom stereocenters. The lowest BCUT2D eigenvalue weighted by atomic mass is 10.0. The van der Waals surface area contributed by atoms with E-state index in [1.807, 2.05) is 12.1 Å². The van der Waals surface area contributed by atoms with E-state index in [0.717, 1.165) is 37.6 Å². The summed E-state index contributed by atoms with van der Waals surface area (Å²) in [5, 5.41) is 13.0. The summed E-state index contributed by atoms with van der Waals surface area (Å²) in [6.45, 7) is 8.05. The van der Waals surface area contributed by atoms with Gasteiger partial charge in [-0.25, -0.2) is 0 Å². The fourth-order valence-corrected chi connectivity index (χ4v) is 3.41. The molecule has 5 nitrogen and oxygen atoms in total. The van der Waals surface area contributed by atoms with Crippen molar-refractivity contribution in [3.63, 3.8) is 0 Å². The molecule has 0 aliphatic carbocycles. The van der Waals surface area contributed by atoms with Crippen molar-refractivity contribution in [2.24, 2.45) is 4.99 Å². The maximum atomic E-state index is 9.60. The van der Waals surface area contributed by atoms with Crippen LogP contribution in [0.3, 0.4) is 0 Å². The predicted molar refractivity (Wildman–Crippen MR) is 125 cm³/mol. The zero-order valence-electron chi connectivity index (χ0n) is 16.6. The smallest absolute Gasteiger partial charge is 0.194 e. The highest BCUT2D eigenvalue weighted by atomic mass is 127. The molecular weight excluding hydrogens is 465 g/mol. The number of aryl methyl sites for hydroxylation is 1. The summed E-state index contributed by atoms with van der Waals surface area (Å²) in [7, 11) is 0. The molecule has 2 aromatic carbocycles. The van der Waals surface area contributed by atoms with Crippen molar-refractivity contribution in [2.45, 2.75) is 26.4 Å². The van der Waals surface area contributed by atoms with Gasteiger partial charge in [0.05, 0.1) is 13.2 Å². The summed E-state index contributed by atoms with van der Waals surface area (Å²) in [6, 6.07) is 15.8. The number of benzene rings is 2. The Morgan fingerprint density at radius 1 is 1.25 bits per heavy atom. The maximum absolute atomic E-state index is 9.60. The van der Waals surface area contributed by atoms with Crippen molar-refractivity contribution in [1.82, 2.24) is 10.2 Å². The van der Waals surface area contributed by atoms with Gasteiger partial charge in [-0.1, -0.05) is 36.4 Å². The van der Waals surface area contributed by atoms with E-state index in [1.165, 1.54) is 11.1 Å². The molecule has 152 valence electrons. The number of aromatic hydroxyl groups is 1. The Hall–Kier alpha value is -1.80. The highest BCUT2D eigenvalue weighted by molar-refractivity contribution is 14.0. The average molecular weight is 495 g/mol. The number of guanidine groups is 1. The number of rotatable bonds is 5. The zero-order valence-corrected chi connectivity index (χ0v) is 18.9. The largest absolute Gasteiger partial charge is 0.508 e. The Morgan fingerprint density at radius 2 is 2.07 bits per heavy atom. The van der Waals surface area contributed by atoms with Crippen LogP contribution in [-0.2, 0) is 11.2 Å². The van der Waals surface area contributed by atoms with Crippen molar-refractivity contribution in [3.05, 3.63) is 65.2 Å². The van der Waals surface area contributed by atoms with Gasteiger partial charge in [-0.3, -0.25) is 4.99 Å². The number of ether oxygens (including phenoxy) is 1. The molecule has 0 aromatic heterocycles. The second-order valence-electron chi connectivity index (χ2n) is 6.82. The molecule has 1 saturated heterocycles. The summed E-state index contributed by atoms with van der Waals surface area (Å²) in [6.07, 6.45) is 0.865. The summed E-state index contributed by atoms with van der Waals surface area (Å²) < 4.78 is 6.04. The van der Waals surface area contributed by atoms with Crippen LogP contribution < -0.4 is 5.32 Å². The lowest BCUT2D eigenvalue weighted by molar-refractivity contribution is -0.00832. The number of hydrogen-bond acceptors (Lipinski definition) is 3. The van der Waals surface area contributed by atoms with E-state index in [9.17, 15) is 5.11 Å². The quantitative estimate of drug-likeness (QED) is 0.376. The molecular formula is C22H30IN3O2. The number of hydrogen-bond donors (Lipinski definition) is 2. The molecule has 0 saturated carbocycles. The van der Waals surface area contributed by atoms with Crippen LogP contribution >= 0.6 is 24.0 Å². The normalized spacial score (nSPS) is 17.1. The Morgan fingerprint density at radius 3 is 2.82 bits per heavy atom. The lowest BCUT2D eigenvalue weighted by Crippen LogP contribution is -2.48. The summed E-state index contributed by atoms with van der Waals surface area (Å²) in [4.78, 5) is 7.09. The van der Waals surface area contributed by atoms with Crippen molar-refractivity contribution in [1.29, 1.82) is 0 Å². The molecule has 1 aliphatic rings. The van der Waals surface area contributed by atoms with E-state index < -0.39 is 0 Å². The van der Waals surface area contributed by atoms with Crippen LogP contribution in [0.25, 0.3) is 0 Å². The van der Waals surface area contributed by atoms with Crippen LogP contribution in [0.4, 0.5) is 0 Å². The lowest BCUT2D eigenvalue weighted by Gasteiger charge is -2.35. The first-order chi connectivity index (χ1) is 13.2. The van der Waals surface area contributed by atoms with Gasteiger partial charge in [0.15, 0.2) is 5.96 Å². The van der Waals surface area contributed by atoms with Crippen molar-refractivity contribution in [2.75, 3.05) is 32.8 Å². The Kier molecular flexibility index (Phi) is 9.05. The summed E-state index contributed by atoms with van der Waals surface area (Å²) in [5.74, 6) is 1.23. The van der Waals surface area contributed by atoms with Gasteiger partial charge in [-0.2, -0.15) is 0 Å². The molecule has 2 aromatic rings. The van der Waals surface area contributed by atoms with Gasteiger partial charge in [0.2, 0.25) is 0 Å². The first kappa shape index (κ1) is 22.5. The molecule has 1 unspecified atom stereocenters. The van der Waals surface area contributed by atoms with E-state index in [1.54, 1.807) is 12.1 Å². The second kappa shape index (κ2) is 11.3. The first-order valence-electron chi connectivity index (χ1n) is 9.65. The van der Waals surface area contributed by atoms with Crippen LogP contribution in [0.5, 0.6) is 5.75 Å². The van der Waals surface area contributed by atoms with E-state index >= 15 is 0 Å². The maximum Gasteiger partial charge on any atom is 0.194 e. The van der Waals surface area contributed by atoms with Gasteiger partial charge in [0.25, 0.3) is 0 Å². The second-order valence-corrected chi connectivity index (χ2v) is 6.82. The number of aliphatic imine (C=N–C) groups is 1. The van der Waals surface area contributed by atoms with Crippen LogP contribution in [0.2, 0.25) is 0 Å². The van der Waals surface area contributed by atoms with Crippen LogP contribution in [0.15, 0.2) is 53.5 Å². The predicted octanol–water partition coefficient (Wildman–Crippen LogP) is 3.90. The molecule has 1 fully saturated rings. The van der Waals surface area contributed by atoms with Crippen LogP contribution in [0.1, 0.15) is 29.7 Å². The SMILES string of the molecule is CCNC(=NCCc1cccc(O)c1)N1CCOC(c2ccccc2C)C1.I. The fraction of sp³-hybridized carbons (Fsp3) is 0.409. The summed E-state index contributed by atoms with van der Waals surface area (Å²) in [5.41, 5.74) is 3.60. The minimum Gasteiger partial charge on any atom is -0.508 e. The van der Waals surface area contributed by atoms with E-state index in [2.05, 4.69) is 48.3 Å². The van der Waals surface area contributed by atoms with Gasteiger partial charge >= 0.3 is 0 Å². The van der Waals surface area contributed by atoms with Crippen LogP contribution in [-0.4, -0.2) is 48.8 Å². The minimum atomic E-state index is 0. The number of nitrogens with zero attached hydrogens (tertiary/aromatic N) is 2. The number of phenolic OH excluding ortho intramolecular Hbond substituents is 1. The molecule has 6 heteroatoms. The highest BCUT2D eigenvalue weighted by Crippen LogP contribution is 2.25. The molecule has 0 bridgehead atoms. The third-order valence-electron chi connectivity index (χ3n) is 4.81. The molecule has 28 heavy (non-hydrogen) atoms. The number of morpholine rings is 1. The molecule has 0 amide bonds. The minimum absolute atomic E-state index is 0. The van der Waals surface area contributed by atoms with Crippen molar-refractivity contribution in [3.8, 4) is 5.75 Å². The van der Waals surface area contributed by atoms with Gasteiger partial charge in [-0.05, 0) is 49.1 Å². The van der Waals surface area contributed by atoms with E-state index in [-0.39, 0.29) is 30.1 Å². The monoisotopic (exact) mass is 495 g/mol. The topological polar surface area (TPSA) is 57.1 Å². The standard InChI is InChI=1S/C22H29N3O2.HI/c1-3-23-22(24-12-11-18-8-6-9-19(26)15-18)25-13-14-27-21(16-25)20-10-5-4-7-17(20)2;/h4-10,15,21,26H,3,11-14,16H2,1-2H3,(H,23,24);1H. The number of nitrogens with one attached hydrogen (secondary N) is 1. The molecule has 2 N–H and O–H groups in total. The molecule has 1 heterocycles. The van der Waals surface area contributed by atoms with Crippen molar-refractivity contribution >= 4 is 29.9 Å². The summed E-state index contributed by atoms with van der Waals surface area (Å²) >= 11 is 0. The zero-order chi connectivity index (χ0) is 19.1. The third-order valence-corrected chi connectivity index (χ3v) is 4.81. The van der Waals surface area contributed by atoms with E-state index in [4.69, 9.17) is 9.73 Å². The molecule has 0 radical (unpaired) electrons. The molecule has 1 aliphatic heterocycles. The van der Waals surface area contributed by atoms with E-state index in [0.29, 0.717) is 18.9 Å². The Balaban J connectivity index is 0.00000280. The number of phenols is 1. The molecule has 3 rings (SSSR count). The van der Waals surface area contributed by atoms with Gasteiger partial charge in [-0.15, -0.1) is 24.0 Å². The third kappa shape index (κ3) is 6.10. The van der Waals surface area contributed by atoms with Gasteiger partial charge < -0.3 is 20.1 Å². The average Bonchev–Trinajstić information content (AvgIpc) is 2.68. The fourth-order valence-electron chi connectivity index (χ4n) is 3.41. The first-order valence-corrected chi connectivity index (χ1v) is 9.65. The highest BCUT2D eigenvalue weighted by Gasteiger charge is 2.25.